The van der Waals surface area contributed by atoms with Crippen molar-refractivity contribution >= 4 is 5.97 Å². The molecule has 0 spiro atoms. The van der Waals surface area contributed by atoms with Crippen molar-refractivity contribution in [1.82, 2.24) is 10.3 Å². The highest BCUT2D eigenvalue weighted by atomic mass is 16.5. The number of hydrogen-bond acceptors (Lipinski definition) is 4. The fourth-order valence-corrected chi connectivity index (χ4v) is 3.18. The van der Waals surface area contributed by atoms with Crippen molar-refractivity contribution in [3.63, 3.8) is 0 Å². The van der Waals surface area contributed by atoms with E-state index in [9.17, 15) is 4.79 Å². The van der Waals surface area contributed by atoms with Crippen molar-refractivity contribution in [2.45, 2.75) is 58.0 Å². The highest BCUT2D eigenvalue weighted by Gasteiger charge is 2.21. The lowest BCUT2D eigenvalue weighted by molar-refractivity contribution is 0.0600. The van der Waals surface area contributed by atoms with Crippen LogP contribution in [0.2, 0.25) is 0 Å². The maximum Gasteiger partial charge on any atom is 0.339 e. The molecule has 1 saturated carbocycles. The van der Waals surface area contributed by atoms with E-state index in [-0.39, 0.29) is 5.97 Å². The van der Waals surface area contributed by atoms with Gasteiger partial charge in [-0.15, -0.1) is 0 Å². The molecule has 1 N–H and O–H groups in total. The predicted molar refractivity (Wildman–Crippen MR) is 83.1 cm³/mol. The smallest absolute Gasteiger partial charge is 0.339 e. The summed E-state index contributed by atoms with van der Waals surface area (Å²) in [5, 5.41) is 3.64. The molecule has 0 radical (unpaired) electrons. The first-order chi connectivity index (χ1) is 10.2. The van der Waals surface area contributed by atoms with Gasteiger partial charge in [-0.2, -0.15) is 0 Å². The summed E-state index contributed by atoms with van der Waals surface area (Å²) in [5.41, 5.74) is 1.47. The molecular formula is C17H26N2O2. The quantitative estimate of drug-likeness (QED) is 0.817. The number of methoxy groups -OCH3 is 1. The Morgan fingerprint density at radius 1 is 1.38 bits per heavy atom. The third-order valence-electron chi connectivity index (χ3n) is 4.45. The minimum atomic E-state index is -0.337. The predicted octanol–water partition coefficient (Wildman–Crippen LogP) is 3.32. The summed E-state index contributed by atoms with van der Waals surface area (Å²) in [6, 6.07) is 4.25. The fourth-order valence-electron chi connectivity index (χ4n) is 3.18. The second-order valence-corrected chi connectivity index (χ2v) is 5.82. The van der Waals surface area contributed by atoms with Gasteiger partial charge in [0.15, 0.2) is 0 Å². The molecule has 0 aromatic carbocycles. The monoisotopic (exact) mass is 290 g/mol. The van der Waals surface area contributed by atoms with Crippen molar-refractivity contribution in [1.29, 1.82) is 0 Å². The first-order valence-electron chi connectivity index (χ1n) is 8.01. The molecule has 0 aliphatic heterocycles. The van der Waals surface area contributed by atoms with Crippen LogP contribution >= 0.6 is 0 Å². The first kappa shape index (κ1) is 16.0. The number of carbonyl (C=O) groups excluding carboxylic acids is 1. The summed E-state index contributed by atoms with van der Waals surface area (Å²) in [6.07, 6.45) is 9.57. The number of aromatic nitrogens is 1. The number of rotatable bonds is 6. The minimum absolute atomic E-state index is 0.337. The van der Waals surface area contributed by atoms with Gasteiger partial charge in [-0.1, -0.05) is 26.2 Å². The molecule has 116 valence electrons. The molecule has 0 saturated heterocycles. The highest BCUT2D eigenvalue weighted by Crippen LogP contribution is 2.27. The van der Waals surface area contributed by atoms with Gasteiger partial charge in [0.25, 0.3) is 0 Å². The number of esters is 1. The van der Waals surface area contributed by atoms with Crippen LogP contribution in [0.15, 0.2) is 18.3 Å². The van der Waals surface area contributed by atoms with Crippen molar-refractivity contribution in [2.75, 3.05) is 7.11 Å². The van der Waals surface area contributed by atoms with E-state index in [0.717, 1.165) is 24.6 Å². The Bertz CT molecular complexity index is 439. The van der Waals surface area contributed by atoms with Gasteiger partial charge in [0, 0.05) is 18.8 Å². The Labute approximate surface area is 127 Å². The Balaban J connectivity index is 1.87. The molecule has 21 heavy (non-hydrogen) atoms. The number of ether oxygens (including phenoxy) is 1. The van der Waals surface area contributed by atoms with Crippen LogP contribution < -0.4 is 5.32 Å². The summed E-state index contributed by atoms with van der Waals surface area (Å²) in [7, 11) is 1.38. The Morgan fingerprint density at radius 3 is 2.71 bits per heavy atom. The third-order valence-corrected chi connectivity index (χ3v) is 4.45. The van der Waals surface area contributed by atoms with Crippen LogP contribution in [0.5, 0.6) is 0 Å². The molecule has 0 amide bonds. The van der Waals surface area contributed by atoms with Gasteiger partial charge in [0.05, 0.1) is 18.4 Å². The molecule has 1 aliphatic carbocycles. The summed E-state index contributed by atoms with van der Waals surface area (Å²) in [6.45, 7) is 3.01. The molecule has 1 heterocycles. The third kappa shape index (κ3) is 4.53. The molecule has 1 atom stereocenters. The number of nitrogens with zero attached hydrogens (tertiary/aromatic N) is 1. The van der Waals surface area contributed by atoms with Gasteiger partial charge in [-0.05, 0) is 37.3 Å². The van der Waals surface area contributed by atoms with Gasteiger partial charge in [-0.3, -0.25) is 4.98 Å². The largest absolute Gasteiger partial charge is 0.465 e. The molecule has 1 unspecified atom stereocenters. The maximum absolute atomic E-state index is 11.4. The molecule has 4 heteroatoms. The van der Waals surface area contributed by atoms with Gasteiger partial charge in [0.1, 0.15) is 0 Å². The fraction of sp³-hybridized carbons (Fsp3) is 0.647. The van der Waals surface area contributed by atoms with Gasteiger partial charge in [0.2, 0.25) is 0 Å². The molecule has 1 aromatic heterocycles. The molecule has 1 aromatic rings. The zero-order valence-corrected chi connectivity index (χ0v) is 13.1. The van der Waals surface area contributed by atoms with E-state index in [1.165, 1.54) is 39.2 Å². The molecular weight excluding hydrogens is 264 g/mol. The summed E-state index contributed by atoms with van der Waals surface area (Å²) in [4.78, 5) is 15.7. The zero-order valence-electron chi connectivity index (χ0n) is 13.1. The van der Waals surface area contributed by atoms with Crippen LogP contribution in [0.4, 0.5) is 0 Å². The van der Waals surface area contributed by atoms with Gasteiger partial charge >= 0.3 is 5.97 Å². The lowest BCUT2D eigenvalue weighted by Crippen LogP contribution is -2.36. The Kier molecular flexibility index (Phi) is 6.18. The second-order valence-electron chi connectivity index (χ2n) is 5.82. The average Bonchev–Trinajstić information content (AvgIpc) is 2.56. The number of pyridine rings is 1. The summed E-state index contributed by atoms with van der Waals surface area (Å²) >= 11 is 0. The van der Waals surface area contributed by atoms with Crippen LogP contribution in [0, 0.1) is 5.92 Å². The molecule has 1 aliphatic rings. The normalized spacial score (nSPS) is 17.4. The topological polar surface area (TPSA) is 51.2 Å². The number of hydrogen-bond donors (Lipinski definition) is 1. The SMILES string of the molecule is CCC(NCc1ccc(C(=O)OC)cn1)C1CCCCC1. The van der Waals surface area contributed by atoms with Crippen molar-refractivity contribution in [3.05, 3.63) is 29.6 Å². The van der Waals surface area contributed by atoms with Crippen molar-refractivity contribution < 1.29 is 9.53 Å². The van der Waals surface area contributed by atoms with Crippen molar-refractivity contribution in [2.24, 2.45) is 5.92 Å². The summed E-state index contributed by atoms with van der Waals surface area (Å²) < 4.78 is 4.68. The zero-order chi connectivity index (χ0) is 15.1. The van der Waals surface area contributed by atoms with Crippen LogP contribution in [0.25, 0.3) is 0 Å². The number of nitrogens with one attached hydrogen (secondary N) is 1. The van der Waals surface area contributed by atoms with Crippen LogP contribution in [0.3, 0.4) is 0 Å². The highest BCUT2D eigenvalue weighted by molar-refractivity contribution is 5.88. The van der Waals surface area contributed by atoms with Crippen LogP contribution in [0.1, 0.15) is 61.5 Å². The average molecular weight is 290 g/mol. The minimum Gasteiger partial charge on any atom is -0.465 e. The van der Waals surface area contributed by atoms with E-state index in [1.54, 1.807) is 12.3 Å². The van der Waals surface area contributed by atoms with Gasteiger partial charge < -0.3 is 10.1 Å². The van der Waals surface area contributed by atoms with E-state index in [2.05, 4.69) is 22.0 Å². The standard InChI is InChI=1S/C17H26N2O2/c1-3-16(13-7-5-4-6-8-13)19-12-15-10-9-14(11-18-15)17(20)21-2/h9-11,13,16,19H,3-8,12H2,1-2H3. The first-order valence-corrected chi connectivity index (χ1v) is 8.01. The van der Waals surface area contributed by atoms with E-state index in [0.29, 0.717) is 11.6 Å². The second kappa shape index (κ2) is 8.13. The number of carbonyl (C=O) groups is 1. The molecule has 2 rings (SSSR count). The lowest BCUT2D eigenvalue weighted by Gasteiger charge is -2.30. The molecule has 1 fully saturated rings. The van der Waals surface area contributed by atoms with Crippen LogP contribution in [-0.4, -0.2) is 24.1 Å². The Hall–Kier alpha value is -1.42. The van der Waals surface area contributed by atoms with E-state index in [4.69, 9.17) is 0 Å². The van der Waals surface area contributed by atoms with Crippen molar-refractivity contribution in [3.8, 4) is 0 Å². The lowest BCUT2D eigenvalue weighted by atomic mass is 9.83. The van der Waals surface area contributed by atoms with Gasteiger partial charge in [-0.25, -0.2) is 4.79 Å². The summed E-state index contributed by atoms with van der Waals surface area (Å²) in [5.74, 6) is 0.466. The molecule has 0 bridgehead atoms. The van der Waals surface area contributed by atoms with E-state index in [1.807, 2.05) is 6.07 Å². The van der Waals surface area contributed by atoms with Crippen LogP contribution in [-0.2, 0) is 11.3 Å². The molecule has 4 nitrogen and oxygen atoms in total. The van der Waals surface area contributed by atoms with E-state index >= 15 is 0 Å². The van der Waals surface area contributed by atoms with E-state index < -0.39 is 0 Å². The maximum atomic E-state index is 11.4. The Morgan fingerprint density at radius 2 is 2.14 bits per heavy atom.